The lowest BCUT2D eigenvalue weighted by molar-refractivity contribution is 0.500. The van der Waals surface area contributed by atoms with Gasteiger partial charge in [0.25, 0.3) is 0 Å². The third-order valence-corrected chi connectivity index (χ3v) is 6.45. The molecule has 0 saturated carbocycles. The maximum absolute atomic E-state index is 2.52. The van der Waals surface area contributed by atoms with Crippen molar-refractivity contribution in [1.82, 2.24) is 0 Å². The molecule has 0 aromatic heterocycles. The van der Waals surface area contributed by atoms with Gasteiger partial charge in [-0.05, 0) is 11.1 Å². The van der Waals surface area contributed by atoms with Gasteiger partial charge in [0.15, 0.2) is 0 Å². The Labute approximate surface area is 124 Å². The van der Waals surface area contributed by atoms with Gasteiger partial charge < -0.3 is 0 Å². The number of allylic oxidation sites excluding steroid dienone is 4. The lowest BCUT2D eigenvalue weighted by Crippen LogP contribution is -2.31. The van der Waals surface area contributed by atoms with E-state index < -0.39 is 0 Å². The van der Waals surface area contributed by atoms with Crippen LogP contribution in [0.4, 0.5) is 0 Å². The highest BCUT2D eigenvalue weighted by Gasteiger charge is 2.39. The van der Waals surface area contributed by atoms with Crippen LogP contribution < -0.4 is 0 Å². The molecule has 0 fully saturated rings. The molecule has 0 unspecified atom stereocenters. The zero-order valence-electron chi connectivity index (χ0n) is 9.37. The van der Waals surface area contributed by atoms with Gasteiger partial charge in [0.1, 0.15) is 1.43 Å². The molecule has 1 aliphatic carbocycles. The second-order valence-corrected chi connectivity index (χ2v) is 10.1. The summed E-state index contributed by atoms with van der Waals surface area (Å²) < 4.78 is 0.167. The Bertz CT molecular complexity index is 439. The molecule has 1 aromatic rings. The summed E-state index contributed by atoms with van der Waals surface area (Å²) >= 11 is 5.04. The predicted octanol–water partition coefficient (Wildman–Crippen LogP) is 5.23. The van der Waals surface area contributed by atoms with Crippen molar-refractivity contribution < 1.29 is 0 Å². The third kappa shape index (κ3) is 2.37. The normalized spacial score (nSPS) is 21.6. The summed E-state index contributed by atoms with van der Waals surface area (Å²) in [6.45, 7) is 4.58. The third-order valence-electron chi connectivity index (χ3n) is 2.95. The van der Waals surface area contributed by atoms with Crippen molar-refractivity contribution in [2.75, 3.05) is 0 Å². The molecule has 0 amide bonds. The topological polar surface area (TPSA) is 0 Å². The van der Waals surface area contributed by atoms with Crippen LogP contribution in [-0.4, -0.2) is 1.43 Å². The van der Waals surface area contributed by atoms with Gasteiger partial charge in [0, 0.05) is 5.41 Å². The molecule has 16 heavy (non-hydrogen) atoms. The minimum Gasteiger partial charge on any atom is -0.0686 e. The van der Waals surface area contributed by atoms with Crippen LogP contribution in [0, 0.1) is 5.41 Å². The Kier molecular flexibility index (Phi) is 3.50. The van der Waals surface area contributed by atoms with E-state index in [-0.39, 0.29) is 6.84 Å². The highest BCUT2D eigenvalue weighted by Crippen LogP contribution is 2.50. The molecular formula is C14H14I2. The molecule has 0 bridgehead atoms. The van der Waals surface area contributed by atoms with E-state index in [1.165, 1.54) is 11.1 Å². The van der Waals surface area contributed by atoms with Crippen LogP contribution in [0.1, 0.15) is 19.4 Å². The van der Waals surface area contributed by atoms with Crippen molar-refractivity contribution in [3.05, 3.63) is 54.1 Å². The minimum atomic E-state index is 0.167. The molecule has 0 nitrogen and oxygen atoms in total. The van der Waals surface area contributed by atoms with E-state index in [0.29, 0.717) is 0 Å². The fourth-order valence-electron chi connectivity index (χ4n) is 1.75. The van der Waals surface area contributed by atoms with Crippen molar-refractivity contribution in [2.45, 2.75) is 15.3 Å². The molecule has 0 aliphatic heterocycles. The van der Waals surface area contributed by atoms with E-state index in [1.54, 1.807) is 0 Å². The molecule has 0 heterocycles. The largest absolute Gasteiger partial charge is 0.100 e. The van der Waals surface area contributed by atoms with Gasteiger partial charge in [-0.15, -0.1) is 0 Å². The van der Waals surface area contributed by atoms with E-state index in [4.69, 9.17) is 0 Å². The average Bonchev–Trinajstić information content (AvgIpc) is 2.23. The lowest BCUT2D eigenvalue weighted by atomic mass is 9.82. The van der Waals surface area contributed by atoms with Gasteiger partial charge in [-0.3, -0.25) is 0 Å². The molecule has 84 valence electrons. The van der Waals surface area contributed by atoms with Crippen LogP contribution in [-0.2, 0) is 0 Å². The predicted molar refractivity (Wildman–Crippen MR) is 88.1 cm³/mol. The first-order valence-corrected chi connectivity index (χ1v) is 7.43. The number of rotatable bonds is 1. The van der Waals surface area contributed by atoms with Crippen LogP contribution in [0.3, 0.4) is 0 Å². The lowest BCUT2D eigenvalue weighted by Gasteiger charge is -2.37. The first-order valence-electron chi connectivity index (χ1n) is 5.28. The van der Waals surface area contributed by atoms with Crippen LogP contribution in [0.2, 0.25) is 0 Å². The van der Waals surface area contributed by atoms with Crippen molar-refractivity contribution >= 4 is 50.8 Å². The van der Waals surface area contributed by atoms with Crippen molar-refractivity contribution in [3.8, 4) is 0 Å². The van der Waals surface area contributed by atoms with Crippen molar-refractivity contribution in [1.29, 1.82) is 0 Å². The van der Waals surface area contributed by atoms with Gasteiger partial charge >= 0.3 is 0 Å². The average molecular weight is 436 g/mol. The smallest absolute Gasteiger partial charge is 0.0686 e. The van der Waals surface area contributed by atoms with Crippen LogP contribution >= 0.6 is 45.2 Å². The standard InChI is InChI=1S/C14H14I2/c1-13(2)10-12(8-9-14(13,15)16)11-6-4-3-5-7-11/h3-10H,1-2H3. The van der Waals surface area contributed by atoms with Crippen LogP contribution in [0.25, 0.3) is 5.57 Å². The number of hydrogen-bond acceptors (Lipinski definition) is 0. The molecule has 0 atom stereocenters. The number of alkyl halides is 2. The SMILES string of the molecule is CC1(C)C=C(c2ccccc2)C=CC1(I)I. The molecule has 0 saturated heterocycles. The highest BCUT2D eigenvalue weighted by atomic mass is 127. The first-order chi connectivity index (χ1) is 7.42. The molecule has 2 rings (SSSR count). The summed E-state index contributed by atoms with van der Waals surface area (Å²) in [6.07, 6.45) is 6.91. The van der Waals surface area contributed by atoms with E-state index in [9.17, 15) is 0 Å². The van der Waals surface area contributed by atoms with Crippen molar-refractivity contribution in [3.63, 3.8) is 0 Å². The summed E-state index contributed by atoms with van der Waals surface area (Å²) in [7, 11) is 0. The Balaban J connectivity index is 2.41. The molecule has 2 heteroatoms. The van der Waals surface area contributed by atoms with Gasteiger partial charge in [-0.25, -0.2) is 0 Å². The van der Waals surface area contributed by atoms with E-state index in [1.807, 2.05) is 0 Å². The van der Waals surface area contributed by atoms with Crippen LogP contribution in [0.5, 0.6) is 0 Å². The van der Waals surface area contributed by atoms with Gasteiger partial charge in [-0.2, -0.15) is 0 Å². The second-order valence-electron chi connectivity index (χ2n) is 4.64. The maximum Gasteiger partial charge on any atom is 0.100 e. The fourth-order valence-corrected chi connectivity index (χ4v) is 2.42. The molecule has 1 aromatic carbocycles. The Hall–Kier alpha value is 0.160. The summed E-state index contributed by atoms with van der Waals surface area (Å²) in [6, 6.07) is 10.6. The molecule has 0 spiro atoms. The van der Waals surface area contributed by atoms with E-state index in [2.05, 4.69) is 108 Å². The summed E-state index contributed by atoms with van der Waals surface area (Å²) in [5.74, 6) is 0. The molecular weight excluding hydrogens is 422 g/mol. The van der Waals surface area contributed by atoms with Gasteiger partial charge in [0.05, 0.1) is 0 Å². The Morgan fingerprint density at radius 3 is 2.19 bits per heavy atom. The molecule has 1 aliphatic rings. The molecule has 0 radical (unpaired) electrons. The first kappa shape index (κ1) is 12.6. The second kappa shape index (κ2) is 4.44. The zero-order valence-corrected chi connectivity index (χ0v) is 13.7. The maximum atomic E-state index is 2.52. The quantitative estimate of drug-likeness (QED) is 0.418. The van der Waals surface area contributed by atoms with E-state index in [0.717, 1.165) is 0 Å². The zero-order chi connectivity index (χ0) is 11.8. The Morgan fingerprint density at radius 2 is 1.62 bits per heavy atom. The monoisotopic (exact) mass is 436 g/mol. The fraction of sp³-hybridized carbons (Fsp3) is 0.286. The number of halogens is 2. The summed E-state index contributed by atoms with van der Waals surface area (Å²) in [4.78, 5) is 0. The highest BCUT2D eigenvalue weighted by molar-refractivity contribution is 14.2. The summed E-state index contributed by atoms with van der Waals surface area (Å²) in [5.41, 5.74) is 2.80. The van der Waals surface area contributed by atoms with Crippen molar-refractivity contribution in [2.24, 2.45) is 5.41 Å². The molecule has 0 N–H and O–H groups in total. The minimum absolute atomic E-state index is 0.167. The number of benzene rings is 1. The summed E-state index contributed by atoms with van der Waals surface area (Å²) in [5, 5.41) is 0. The number of hydrogen-bond donors (Lipinski definition) is 0. The van der Waals surface area contributed by atoms with Gasteiger partial charge in [0.2, 0.25) is 0 Å². The van der Waals surface area contributed by atoms with E-state index >= 15 is 0 Å². The van der Waals surface area contributed by atoms with Crippen LogP contribution in [0.15, 0.2) is 48.6 Å². The Morgan fingerprint density at radius 1 is 1.00 bits per heavy atom. The van der Waals surface area contributed by atoms with Gasteiger partial charge in [-0.1, -0.05) is 108 Å².